The van der Waals surface area contributed by atoms with Gasteiger partial charge in [-0.05, 0) is 53.8 Å². The molecule has 7 nitrogen and oxygen atoms in total. The number of urea groups is 1. The van der Waals surface area contributed by atoms with Crippen molar-refractivity contribution in [1.82, 2.24) is 10.6 Å². The molecule has 0 aromatic heterocycles. The number of thioether (sulfide) groups is 1. The molecule has 3 amide bonds. The average molecular weight is 464 g/mol. The van der Waals surface area contributed by atoms with E-state index in [1.807, 2.05) is 13.8 Å². The van der Waals surface area contributed by atoms with Crippen molar-refractivity contribution < 1.29 is 32.7 Å². The van der Waals surface area contributed by atoms with E-state index in [-0.39, 0.29) is 34.7 Å². The highest BCUT2D eigenvalue weighted by Crippen LogP contribution is 2.37. The number of carboxylic acids is 1. The fourth-order valence-corrected chi connectivity index (χ4v) is 3.20. The maximum atomic E-state index is 12.7. The van der Waals surface area contributed by atoms with Crippen LogP contribution in [-0.4, -0.2) is 40.6 Å². The fourth-order valence-electron chi connectivity index (χ4n) is 2.66. The first kappa shape index (κ1) is 26.6. The molecule has 0 fully saturated rings. The standard InChI is InChI=1S/C20H28F3N3O4S/c1-11(2)10-14(16(27)26-15(17(28)29)19(3,4)5)25-18(30)24-12-6-8-13(9-7-12)31-20(21,22)23/h6-9,11,14-15H,10H2,1-5H3,(H,26,27)(H,28,29)(H2,24,25,30)/t14-,15?/m0/s1. The molecule has 4 N–H and O–H groups in total. The van der Waals surface area contributed by atoms with Crippen LogP contribution in [0.1, 0.15) is 41.0 Å². The van der Waals surface area contributed by atoms with E-state index >= 15 is 0 Å². The Morgan fingerprint density at radius 2 is 1.58 bits per heavy atom. The highest BCUT2D eigenvalue weighted by molar-refractivity contribution is 8.00. The van der Waals surface area contributed by atoms with Crippen LogP contribution in [0.25, 0.3) is 0 Å². The van der Waals surface area contributed by atoms with E-state index in [1.165, 1.54) is 24.3 Å². The summed E-state index contributed by atoms with van der Waals surface area (Å²) >= 11 is -0.270. The van der Waals surface area contributed by atoms with E-state index < -0.39 is 40.9 Å². The summed E-state index contributed by atoms with van der Waals surface area (Å²) in [6.45, 7) is 8.70. The number of nitrogens with one attached hydrogen (secondary N) is 3. The number of hydrogen-bond donors (Lipinski definition) is 4. The third kappa shape index (κ3) is 9.95. The van der Waals surface area contributed by atoms with Crippen molar-refractivity contribution in [2.24, 2.45) is 11.3 Å². The number of carboxylic acid groups (broad SMARTS) is 1. The topological polar surface area (TPSA) is 108 Å². The zero-order valence-electron chi connectivity index (χ0n) is 18.0. The Hall–Kier alpha value is -2.43. The Balaban J connectivity index is 2.83. The van der Waals surface area contributed by atoms with Crippen molar-refractivity contribution in [3.8, 4) is 0 Å². The predicted octanol–water partition coefficient (Wildman–Crippen LogP) is 4.45. The molecular formula is C20H28F3N3O4S. The number of anilines is 1. The van der Waals surface area contributed by atoms with Gasteiger partial charge in [0.1, 0.15) is 12.1 Å². The summed E-state index contributed by atoms with van der Waals surface area (Å²) in [6, 6.07) is 2.16. The van der Waals surface area contributed by atoms with E-state index in [1.54, 1.807) is 20.8 Å². The molecule has 0 heterocycles. The molecular weight excluding hydrogens is 435 g/mol. The van der Waals surface area contributed by atoms with Gasteiger partial charge >= 0.3 is 17.5 Å². The quantitative estimate of drug-likeness (QED) is 0.426. The molecule has 0 aliphatic carbocycles. The highest BCUT2D eigenvalue weighted by Gasteiger charge is 2.35. The van der Waals surface area contributed by atoms with Crippen molar-refractivity contribution >= 4 is 35.4 Å². The lowest BCUT2D eigenvalue weighted by Gasteiger charge is -2.30. The number of halogens is 3. The average Bonchev–Trinajstić information content (AvgIpc) is 2.57. The van der Waals surface area contributed by atoms with Crippen LogP contribution in [0.2, 0.25) is 0 Å². The molecule has 11 heteroatoms. The number of aliphatic carboxylic acids is 1. The number of carbonyl (C=O) groups excluding carboxylic acids is 2. The number of hydrogen-bond acceptors (Lipinski definition) is 4. The number of alkyl halides is 3. The molecule has 0 saturated carbocycles. The Morgan fingerprint density at radius 3 is 2.00 bits per heavy atom. The maximum absolute atomic E-state index is 12.7. The summed E-state index contributed by atoms with van der Waals surface area (Å²) in [5, 5.41) is 16.8. The smallest absolute Gasteiger partial charge is 0.446 e. The van der Waals surface area contributed by atoms with Gasteiger partial charge < -0.3 is 21.1 Å². The molecule has 2 atom stereocenters. The molecule has 0 aliphatic heterocycles. The van der Waals surface area contributed by atoms with Crippen molar-refractivity contribution in [2.75, 3.05) is 5.32 Å². The van der Waals surface area contributed by atoms with Gasteiger partial charge in [-0.1, -0.05) is 34.6 Å². The Bertz CT molecular complexity index is 777. The molecule has 0 spiro atoms. The van der Waals surface area contributed by atoms with Gasteiger partial charge in [0, 0.05) is 10.6 Å². The Kier molecular flexibility index (Phi) is 9.22. The van der Waals surface area contributed by atoms with Crippen molar-refractivity contribution in [3.63, 3.8) is 0 Å². The van der Waals surface area contributed by atoms with Gasteiger partial charge in [-0.25, -0.2) is 9.59 Å². The van der Waals surface area contributed by atoms with Gasteiger partial charge in [0.2, 0.25) is 5.91 Å². The summed E-state index contributed by atoms with van der Waals surface area (Å²) in [5.41, 5.74) is -4.92. The maximum Gasteiger partial charge on any atom is 0.446 e. The van der Waals surface area contributed by atoms with Crippen molar-refractivity contribution in [3.05, 3.63) is 24.3 Å². The molecule has 0 radical (unpaired) electrons. The SMILES string of the molecule is CC(C)C[C@H](NC(=O)Nc1ccc(SC(F)(F)F)cc1)C(=O)NC(C(=O)O)C(C)(C)C. The summed E-state index contributed by atoms with van der Waals surface area (Å²) in [7, 11) is 0. The molecule has 31 heavy (non-hydrogen) atoms. The number of rotatable bonds is 8. The minimum atomic E-state index is -4.41. The molecule has 1 aromatic rings. The molecule has 1 rings (SSSR count). The zero-order chi connectivity index (χ0) is 24.0. The van der Waals surface area contributed by atoms with Crippen LogP contribution < -0.4 is 16.0 Å². The second kappa shape index (κ2) is 10.7. The molecule has 1 aromatic carbocycles. The number of benzene rings is 1. The minimum Gasteiger partial charge on any atom is -0.480 e. The Morgan fingerprint density at radius 1 is 1.03 bits per heavy atom. The van der Waals surface area contributed by atoms with Gasteiger partial charge in [0.25, 0.3) is 0 Å². The van der Waals surface area contributed by atoms with Gasteiger partial charge in [0.15, 0.2) is 0 Å². The van der Waals surface area contributed by atoms with Crippen LogP contribution in [0.5, 0.6) is 0 Å². The summed E-state index contributed by atoms with van der Waals surface area (Å²) in [6.07, 6.45) is 0.261. The van der Waals surface area contributed by atoms with Crippen LogP contribution in [-0.2, 0) is 9.59 Å². The van der Waals surface area contributed by atoms with Crippen LogP contribution in [0.15, 0.2) is 29.2 Å². The lowest BCUT2D eigenvalue weighted by Crippen LogP contribution is -2.56. The molecule has 0 aliphatic rings. The number of amides is 3. The van der Waals surface area contributed by atoms with E-state index in [0.29, 0.717) is 0 Å². The first-order valence-corrected chi connectivity index (χ1v) is 10.4. The van der Waals surface area contributed by atoms with Crippen LogP contribution in [0.3, 0.4) is 0 Å². The van der Waals surface area contributed by atoms with Crippen LogP contribution in [0, 0.1) is 11.3 Å². The second-order valence-corrected chi connectivity index (χ2v) is 9.64. The first-order valence-electron chi connectivity index (χ1n) is 9.55. The zero-order valence-corrected chi connectivity index (χ0v) is 18.8. The van der Waals surface area contributed by atoms with Gasteiger partial charge in [-0.15, -0.1) is 0 Å². The van der Waals surface area contributed by atoms with Crippen molar-refractivity contribution in [1.29, 1.82) is 0 Å². The summed E-state index contributed by atoms with van der Waals surface area (Å²) in [5.74, 6) is -1.80. The summed E-state index contributed by atoms with van der Waals surface area (Å²) < 4.78 is 37.2. The van der Waals surface area contributed by atoms with Gasteiger partial charge in [0.05, 0.1) is 0 Å². The van der Waals surface area contributed by atoms with E-state index in [0.717, 1.165) is 0 Å². The molecule has 174 valence electrons. The Labute approximate surface area is 183 Å². The first-order chi connectivity index (χ1) is 14.1. The van der Waals surface area contributed by atoms with Gasteiger partial charge in [-0.2, -0.15) is 13.2 Å². The van der Waals surface area contributed by atoms with E-state index in [4.69, 9.17) is 0 Å². The second-order valence-electron chi connectivity index (χ2n) is 8.50. The minimum absolute atomic E-state index is 0.0210. The lowest BCUT2D eigenvalue weighted by atomic mass is 9.86. The fraction of sp³-hybridized carbons (Fsp3) is 0.550. The third-order valence-corrected chi connectivity index (χ3v) is 4.81. The monoisotopic (exact) mass is 463 g/mol. The molecule has 0 saturated heterocycles. The lowest BCUT2D eigenvalue weighted by molar-refractivity contribution is -0.145. The largest absolute Gasteiger partial charge is 0.480 e. The van der Waals surface area contributed by atoms with E-state index in [9.17, 15) is 32.7 Å². The molecule has 1 unspecified atom stereocenters. The van der Waals surface area contributed by atoms with Crippen LogP contribution in [0.4, 0.5) is 23.7 Å². The summed E-state index contributed by atoms with van der Waals surface area (Å²) in [4.78, 5) is 36.5. The molecule has 0 bridgehead atoms. The van der Waals surface area contributed by atoms with E-state index in [2.05, 4.69) is 16.0 Å². The third-order valence-electron chi connectivity index (χ3n) is 4.07. The van der Waals surface area contributed by atoms with Gasteiger partial charge in [-0.3, -0.25) is 4.79 Å². The highest BCUT2D eigenvalue weighted by atomic mass is 32.2. The number of carbonyl (C=O) groups is 3. The normalized spacial score (nSPS) is 14.0. The van der Waals surface area contributed by atoms with Crippen molar-refractivity contribution in [2.45, 2.75) is 63.5 Å². The van der Waals surface area contributed by atoms with Crippen LogP contribution >= 0.6 is 11.8 Å². The predicted molar refractivity (Wildman–Crippen MR) is 113 cm³/mol.